The van der Waals surface area contributed by atoms with Gasteiger partial charge in [-0.2, -0.15) is 11.8 Å². The molecule has 1 aliphatic rings. The number of hydrogen-bond donors (Lipinski definition) is 2. The SMILES string of the molecule is CSC1(CNC(=O)c2ccc(CCN)cc2)CCCC1. The van der Waals surface area contributed by atoms with Crippen LogP contribution in [0.1, 0.15) is 41.6 Å². The van der Waals surface area contributed by atoms with Crippen LogP contribution in [0.15, 0.2) is 24.3 Å². The number of rotatable bonds is 6. The third kappa shape index (κ3) is 3.76. The van der Waals surface area contributed by atoms with E-state index in [1.165, 1.54) is 31.2 Å². The van der Waals surface area contributed by atoms with Gasteiger partial charge in [0.1, 0.15) is 0 Å². The maximum absolute atomic E-state index is 12.2. The standard InChI is InChI=1S/C16H24N2OS/c1-20-16(9-2-3-10-16)12-18-15(19)14-6-4-13(5-7-14)8-11-17/h4-7H,2-3,8-12,17H2,1H3,(H,18,19). The Balaban J connectivity index is 1.91. The van der Waals surface area contributed by atoms with Crippen molar-refractivity contribution in [3.63, 3.8) is 0 Å². The third-order valence-corrected chi connectivity index (χ3v) is 5.59. The molecule has 0 unspecified atom stereocenters. The lowest BCUT2D eigenvalue weighted by Crippen LogP contribution is -2.38. The molecule has 1 aromatic carbocycles. The minimum Gasteiger partial charge on any atom is -0.351 e. The maximum atomic E-state index is 12.2. The van der Waals surface area contributed by atoms with E-state index in [1.54, 1.807) is 0 Å². The van der Waals surface area contributed by atoms with Crippen LogP contribution >= 0.6 is 11.8 Å². The number of benzene rings is 1. The molecule has 1 saturated carbocycles. The summed E-state index contributed by atoms with van der Waals surface area (Å²) in [5, 5.41) is 3.10. The summed E-state index contributed by atoms with van der Waals surface area (Å²) in [5.74, 6) is 0.0321. The number of carbonyl (C=O) groups is 1. The Labute approximate surface area is 125 Å². The van der Waals surface area contributed by atoms with E-state index in [1.807, 2.05) is 36.0 Å². The van der Waals surface area contributed by atoms with Gasteiger partial charge < -0.3 is 11.1 Å². The maximum Gasteiger partial charge on any atom is 0.251 e. The fourth-order valence-electron chi connectivity index (χ4n) is 2.81. The van der Waals surface area contributed by atoms with Crippen LogP contribution in [0.5, 0.6) is 0 Å². The van der Waals surface area contributed by atoms with Crippen molar-refractivity contribution in [2.75, 3.05) is 19.3 Å². The highest BCUT2D eigenvalue weighted by atomic mass is 32.2. The highest BCUT2D eigenvalue weighted by molar-refractivity contribution is 8.00. The van der Waals surface area contributed by atoms with E-state index in [0.717, 1.165) is 18.5 Å². The van der Waals surface area contributed by atoms with E-state index >= 15 is 0 Å². The first kappa shape index (κ1) is 15.4. The van der Waals surface area contributed by atoms with Crippen LogP contribution in [0.4, 0.5) is 0 Å². The highest BCUT2D eigenvalue weighted by Crippen LogP contribution is 2.39. The molecule has 0 radical (unpaired) electrons. The summed E-state index contributed by atoms with van der Waals surface area (Å²) in [6.45, 7) is 1.42. The molecule has 3 N–H and O–H groups in total. The average Bonchev–Trinajstić information content (AvgIpc) is 2.95. The molecule has 0 heterocycles. The fraction of sp³-hybridized carbons (Fsp3) is 0.562. The lowest BCUT2D eigenvalue weighted by atomic mass is 10.1. The van der Waals surface area contributed by atoms with Crippen LogP contribution in [0.25, 0.3) is 0 Å². The number of amides is 1. The number of nitrogens with one attached hydrogen (secondary N) is 1. The van der Waals surface area contributed by atoms with Gasteiger partial charge in [-0.15, -0.1) is 0 Å². The van der Waals surface area contributed by atoms with E-state index in [0.29, 0.717) is 6.54 Å². The summed E-state index contributed by atoms with van der Waals surface area (Å²) in [4.78, 5) is 12.2. The Bertz CT molecular complexity index is 438. The largest absolute Gasteiger partial charge is 0.351 e. The van der Waals surface area contributed by atoms with E-state index < -0.39 is 0 Å². The molecule has 20 heavy (non-hydrogen) atoms. The molecule has 110 valence electrons. The molecule has 3 nitrogen and oxygen atoms in total. The van der Waals surface area contributed by atoms with Crippen molar-refractivity contribution < 1.29 is 4.79 Å². The van der Waals surface area contributed by atoms with Crippen LogP contribution in [0, 0.1) is 0 Å². The van der Waals surface area contributed by atoms with Gasteiger partial charge in [0, 0.05) is 16.9 Å². The van der Waals surface area contributed by atoms with Gasteiger partial charge >= 0.3 is 0 Å². The summed E-state index contributed by atoms with van der Waals surface area (Å²) < 4.78 is 0.259. The van der Waals surface area contributed by atoms with Crippen molar-refractivity contribution in [3.8, 4) is 0 Å². The second-order valence-electron chi connectivity index (χ2n) is 5.51. The molecule has 0 aromatic heterocycles. The quantitative estimate of drug-likeness (QED) is 0.847. The molecule has 1 aromatic rings. The topological polar surface area (TPSA) is 55.1 Å². The molecule has 1 aliphatic carbocycles. The first-order valence-electron chi connectivity index (χ1n) is 7.31. The van der Waals surface area contributed by atoms with E-state index in [9.17, 15) is 4.79 Å². The number of carbonyl (C=O) groups excluding carboxylic acids is 1. The minimum atomic E-state index is 0.0321. The summed E-state index contributed by atoms with van der Waals surface area (Å²) in [6.07, 6.45) is 8.00. The van der Waals surface area contributed by atoms with Crippen LogP contribution in [-0.4, -0.2) is 30.0 Å². The molecule has 0 spiro atoms. The van der Waals surface area contributed by atoms with Crippen molar-refractivity contribution in [2.24, 2.45) is 5.73 Å². The fourth-order valence-corrected chi connectivity index (χ4v) is 3.72. The molecular formula is C16H24N2OS. The smallest absolute Gasteiger partial charge is 0.251 e. The zero-order chi connectivity index (χ0) is 14.4. The van der Waals surface area contributed by atoms with Crippen LogP contribution in [-0.2, 0) is 6.42 Å². The van der Waals surface area contributed by atoms with Crippen LogP contribution < -0.4 is 11.1 Å². The predicted octanol–water partition coefficient (Wildman–Crippen LogP) is 2.59. The Hall–Kier alpha value is -1.00. The van der Waals surface area contributed by atoms with Gasteiger partial charge in [-0.3, -0.25) is 4.79 Å². The van der Waals surface area contributed by atoms with Crippen LogP contribution in [0.2, 0.25) is 0 Å². The Morgan fingerprint density at radius 1 is 1.30 bits per heavy atom. The lowest BCUT2D eigenvalue weighted by Gasteiger charge is -2.26. The summed E-state index contributed by atoms with van der Waals surface area (Å²) >= 11 is 1.90. The number of thioether (sulfide) groups is 1. The van der Waals surface area contributed by atoms with E-state index in [4.69, 9.17) is 5.73 Å². The minimum absolute atomic E-state index is 0.0321. The molecule has 1 amide bonds. The van der Waals surface area contributed by atoms with Crippen molar-refractivity contribution in [2.45, 2.75) is 36.9 Å². The molecule has 0 aliphatic heterocycles. The lowest BCUT2D eigenvalue weighted by molar-refractivity contribution is 0.0949. The Morgan fingerprint density at radius 2 is 1.95 bits per heavy atom. The van der Waals surface area contributed by atoms with Gasteiger partial charge in [-0.1, -0.05) is 25.0 Å². The molecule has 4 heteroatoms. The van der Waals surface area contributed by atoms with Crippen molar-refractivity contribution in [1.29, 1.82) is 0 Å². The van der Waals surface area contributed by atoms with Gasteiger partial charge in [0.25, 0.3) is 5.91 Å². The monoisotopic (exact) mass is 292 g/mol. The summed E-state index contributed by atoms with van der Waals surface area (Å²) in [5.41, 5.74) is 7.44. The van der Waals surface area contributed by atoms with Crippen molar-refractivity contribution in [1.82, 2.24) is 5.32 Å². The van der Waals surface area contributed by atoms with Crippen LogP contribution in [0.3, 0.4) is 0 Å². The number of nitrogens with two attached hydrogens (primary N) is 1. The second-order valence-corrected chi connectivity index (χ2v) is 6.79. The van der Waals surface area contributed by atoms with Gasteiger partial charge in [-0.05, 0) is 49.8 Å². The molecule has 0 bridgehead atoms. The normalized spacial score (nSPS) is 17.1. The Morgan fingerprint density at radius 3 is 2.50 bits per heavy atom. The molecule has 0 atom stereocenters. The van der Waals surface area contributed by atoms with E-state index in [2.05, 4.69) is 11.6 Å². The molecule has 0 saturated heterocycles. The van der Waals surface area contributed by atoms with Crippen molar-refractivity contribution in [3.05, 3.63) is 35.4 Å². The van der Waals surface area contributed by atoms with Gasteiger partial charge in [0.15, 0.2) is 0 Å². The molecule has 1 fully saturated rings. The first-order chi connectivity index (χ1) is 9.69. The van der Waals surface area contributed by atoms with Gasteiger partial charge in [0.05, 0.1) is 0 Å². The predicted molar refractivity (Wildman–Crippen MR) is 86.2 cm³/mol. The summed E-state index contributed by atoms with van der Waals surface area (Å²) in [7, 11) is 0. The third-order valence-electron chi connectivity index (χ3n) is 4.17. The zero-order valence-electron chi connectivity index (χ0n) is 12.2. The molecule has 2 rings (SSSR count). The second kappa shape index (κ2) is 7.14. The molecular weight excluding hydrogens is 268 g/mol. The van der Waals surface area contributed by atoms with Crippen molar-refractivity contribution >= 4 is 17.7 Å². The summed E-state index contributed by atoms with van der Waals surface area (Å²) in [6, 6.07) is 7.75. The first-order valence-corrected chi connectivity index (χ1v) is 8.54. The highest BCUT2D eigenvalue weighted by Gasteiger charge is 2.33. The van der Waals surface area contributed by atoms with Gasteiger partial charge in [-0.25, -0.2) is 0 Å². The Kier molecular flexibility index (Phi) is 5.49. The number of hydrogen-bond acceptors (Lipinski definition) is 3. The van der Waals surface area contributed by atoms with E-state index in [-0.39, 0.29) is 10.7 Å². The zero-order valence-corrected chi connectivity index (χ0v) is 13.0. The van der Waals surface area contributed by atoms with Gasteiger partial charge in [0.2, 0.25) is 0 Å². The average molecular weight is 292 g/mol.